The molecule has 0 heterocycles. The van der Waals surface area contributed by atoms with Crippen molar-refractivity contribution in [3.05, 3.63) is 29.3 Å². The normalized spacial score (nSPS) is 14.6. The molecule has 1 aliphatic rings. The number of hydrogen-bond acceptors (Lipinski definition) is 1. The Balaban J connectivity index is 2.41. The zero-order valence-electron chi connectivity index (χ0n) is 6.43. The molecule has 1 nitrogen and oxygen atoms in total. The third-order valence-electron chi connectivity index (χ3n) is 2.27. The summed E-state index contributed by atoms with van der Waals surface area (Å²) in [7, 11) is 2.52. The van der Waals surface area contributed by atoms with Gasteiger partial charge >= 0.3 is 0 Å². The third kappa shape index (κ3) is 1.25. The number of rotatable bonds is 1. The second kappa shape index (κ2) is 2.83. The fraction of sp³-hybridized carbons (Fsp3) is 0.333. The lowest BCUT2D eigenvalue weighted by atomic mass is 10.1. The van der Waals surface area contributed by atoms with Crippen LogP contribution in [-0.2, 0) is 12.8 Å². The van der Waals surface area contributed by atoms with E-state index in [1.807, 2.05) is 0 Å². The summed E-state index contributed by atoms with van der Waals surface area (Å²) in [5.74, 6) is 0. The zero-order valence-corrected chi connectivity index (χ0v) is 7.59. The van der Waals surface area contributed by atoms with Crippen LogP contribution in [0.25, 0.3) is 0 Å². The van der Waals surface area contributed by atoms with Crippen LogP contribution in [0.4, 0.5) is 5.69 Å². The van der Waals surface area contributed by atoms with E-state index >= 15 is 0 Å². The van der Waals surface area contributed by atoms with Crippen molar-refractivity contribution in [2.24, 2.45) is 0 Å². The predicted octanol–water partition coefficient (Wildman–Crippen LogP) is 2.38. The van der Waals surface area contributed by atoms with Crippen molar-refractivity contribution in [1.29, 1.82) is 0 Å². The summed E-state index contributed by atoms with van der Waals surface area (Å²) in [4.78, 5) is 0. The van der Waals surface area contributed by atoms with Gasteiger partial charge < -0.3 is 5.09 Å². The molecule has 1 aromatic carbocycles. The van der Waals surface area contributed by atoms with Crippen molar-refractivity contribution >= 4 is 15.1 Å². The Kier molecular flexibility index (Phi) is 1.83. The molecule has 0 radical (unpaired) electrons. The number of fused-ring (bicyclic) bond motifs is 1. The van der Waals surface area contributed by atoms with Crippen LogP contribution >= 0.6 is 9.39 Å². The summed E-state index contributed by atoms with van der Waals surface area (Å²) in [5, 5.41) is 3.07. The van der Waals surface area contributed by atoms with Gasteiger partial charge in [0.25, 0.3) is 0 Å². The van der Waals surface area contributed by atoms with Gasteiger partial charge in [-0.1, -0.05) is 6.07 Å². The van der Waals surface area contributed by atoms with Gasteiger partial charge in [-0.2, -0.15) is 0 Å². The van der Waals surface area contributed by atoms with E-state index in [2.05, 4.69) is 32.7 Å². The highest BCUT2D eigenvalue weighted by Gasteiger charge is 2.09. The standard InChI is InChI=1S/C9H12NP/c11-10-9-5-4-7-2-1-3-8(7)6-9/h4-6,10H,1-3,11H2. The van der Waals surface area contributed by atoms with Crippen LogP contribution in [0, 0.1) is 0 Å². The van der Waals surface area contributed by atoms with Crippen molar-refractivity contribution in [2.45, 2.75) is 19.3 Å². The summed E-state index contributed by atoms with van der Waals surface area (Å²) in [6, 6.07) is 6.61. The molecular weight excluding hydrogens is 153 g/mol. The highest BCUT2D eigenvalue weighted by Crippen LogP contribution is 2.25. The fourth-order valence-corrected chi connectivity index (χ4v) is 1.84. The summed E-state index contributed by atoms with van der Waals surface area (Å²) < 4.78 is 0. The number of aryl methyl sites for hydroxylation is 2. The van der Waals surface area contributed by atoms with Gasteiger partial charge in [0.2, 0.25) is 0 Å². The van der Waals surface area contributed by atoms with Gasteiger partial charge in [-0.15, -0.1) is 0 Å². The quantitative estimate of drug-likeness (QED) is 0.630. The molecule has 1 aromatic rings. The molecule has 1 unspecified atom stereocenters. The Hall–Kier alpha value is -0.550. The summed E-state index contributed by atoms with van der Waals surface area (Å²) in [5.41, 5.74) is 4.27. The van der Waals surface area contributed by atoms with Crippen LogP contribution in [0.1, 0.15) is 17.5 Å². The Morgan fingerprint density at radius 1 is 1.18 bits per heavy atom. The number of hydrogen-bond donors (Lipinski definition) is 1. The summed E-state index contributed by atoms with van der Waals surface area (Å²) in [6.45, 7) is 0. The Labute approximate surface area is 69.5 Å². The van der Waals surface area contributed by atoms with E-state index in [9.17, 15) is 0 Å². The smallest absolute Gasteiger partial charge is 0.0371 e. The maximum atomic E-state index is 3.07. The molecular formula is C9H12NP. The first kappa shape index (κ1) is 7.12. The van der Waals surface area contributed by atoms with E-state index in [4.69, 9.17) is 0 Å². The first-order valence-corrected chi connectivity index (χ1v) is 4.56. The van der Waals surface area contributed by atoms with Crippen molar-refractivity contribution in [3.8, 4) is 0 Å². The SMILES string of the molecule is PNc1ccc2c(c1)CCC2. The molecule has 0 spiro atoms. The van der Waals surface area contributed by atoms with Gasteiger partial charge in [0.1, 0.15) is 0 Å². The molecule has 2 rings (SSSR count). The molecule has 2 heteroatoms. The number of nitrogens with one attached hydrogen (secondary N) is 1. The van der Waals surface area contributed by atoms with Crippen LogP contribution < -0.4 is 5.09 Å². The zero-order chi connectivity index (χ0) is 7.68. The molecule has 0 saturated heterocycles. The molecule has 0 amide bonds. The second-order valence-corrected chi connectivity index (χ2v) is 3.27. The number of anilines is 1. The van der Waals surface area contributed by atoms with E-state index < -0.39 is 0 Å². The largest absolute Gasteiger partial charge is 0.369 e. The predicted molar refractivity (Wildman–Crippen MR) is 51.8 cm³/mol. The van der Waals surface area contributed by atoms with Crippen molar-refractivity contribution in [1.82, 2.24) is 0 Å². The van der Waals surface area contributed by atoms with Gasteiger partial charge in [-0.25, -0.2) is 0 Å². The molecule has 1 N–H and O–H groups in total. The van der Waals surface area contributed by atoms with Crippen molar-refractivity contribution in [2.75, 3.05) is 5.09 Å². The van der Waals surface area contributed by atoms with Gasteiger partial charge in [-0.05, 0) is 51.9 Å². The van der Waals surface area contributed by atoms with Gasteiger partial charge in [0.15, 0.2) is 0 Å². The van der Waals surface area contributed by atoms with E-state index in [-0.39, 0.29) is 0 Å². The minimum atomic E-state index is 1.20. The Morgan fingerprint density at radius 2 is 2.00 bits per heavy atom. The van der Waals surface area contributed by atoms with Gasteiger partial charge in [0.05, 0.1) is 0 Å². The maximum absolute atomic E-state index is 3.07. The lowest BCUT2D eigenvalue weighted by Gasteiger charge is -2.02. The minimum absolute atomic E-state index is 1.20. The molecule has 1 atom stereocenters. The lowest BCUT2D eigenvalue weighted by Crippen LogP contribution is -1.84. The lowest BCUT2D eigenvalue weighted by molar-refractivity contribution is 0.912. The summed E-state index contributed by atoms with van der Waals surface area (Å²) in [6.07, 6.45) is 3.86. The molecule has 0 fully saturated rings. The average molecular weight is 165 g/mol. The second-order valence-electron chi connectivity index (χ2n) is 2.98. The molecule has 1 aliphatic carbocycles. The van der Waals surface area contributed by atoms with Crippen LogP contribution in [-0.4, -0.2) is 0 Å². The van der Waals surface area contributed by atoms with Crippen molar-refractivity contribution in [3.63, 3.8) is 0 Å². The van der Waals surface area contributed by atoms with Gasteiger partial charge in [-0.3, -0.25) is 0 Å². The van der Waals surface area contributed by atoms with E-state index in [1.54, 1.807) is 0 Å². The molecule has 0 aliphatic heterocycles. The minimum Gasteiger partial charge on any atom is -0.369 e. The molecule has 0 saturated carbocycles. The van der Waals surface area contributed by atoms with E-state index in [0.717, 1.165) is 0 Å². The molecule has 0 aromatic heterocycles. The first-order chi connectivity index (χ1) is 5.40. The molecule has 11 heavy (non-hydrogen) atoms. The third-order valence-corrected chi connectivity index (χ3v) is 2.60. The first-order valence-electron chi connectivity index (χ1n) is 3.98. The van der Waals surface area contributed by atoms with Crippen LogP contribution in [0.3, 0.4) is 0 Å². The highest BCUT2D eigenvalue weighted by atomic mass is 31.0. The van der Waals surface area contributed by atoms with Crippen molar-refractivity contribution < 1.29 is 0 Å². The van der Waals surface area contributed by atoms with Crippen LogP contribution in [0.15, 0.2) is 18.2 Å². The Morgan fingerprint density at radius 3 is 2.82 bits per heavy atom. The topological polar surface area (TPSA) is 12.0 Å². The molecule has 0 bridgehead atoms. The monoisotopic (exact) mass is 165 g/mol. The Bertz CT molecular complexity index is 270. The highest BCUT2D eigenvalue weighted by molar-refractivity contribution is 7.18. The number of benzene rings is 1. The van der Waals surface area contributed by atoms with Crippen LogP contribution in [0.5, 0.6) is 0 Å². The summed E-state index contributed by atoms with van der Waals surface area (Å²) >= 11 is 0. The fourth-order valence-electron chi connectivity index (χ4n) is 1.66. The van der Waals surface area contributed by atoms with Gasteiger partial charge in [0, 0.05) is 5.69 Å². The maximum Gasteiger partial charge on any atom is 0.0371 e. The average Bonchev–Trinajstić information content (AvgIpc) is 2.50. The molecule has 58 valence electrons. The van der Waals surface area contributed by atoms with E-state index in [1.165, 1.54) is 36.1 Å². The van der Waals surface area contributed by atoms with E-state index in [0.29, 0.717) is 0 Å². The van der Waals surface area contributed by atoms with Crippen LogP contribution in [0.2, 0.25) is 0 Å².